The molecule has 4 rings (SSSR count). The Kier molecular flexibility index (Phi) is 7.82. The van der Waals surface area contributed by atoms with Gasteiger partial charge in [-0.2, -0.15) is 0 Å². The molecule has 0 aliphatic heterocycles. The van der Waals surface area contributed by atoms with Crippen LogP contribution in [0.4, 0.5) is 17.2 Å². The first-order valence-corrected chi connectivity index (χ1v) is 12.0. The summed E-state index contributed by atoms with van der Waals surface area (Å²) in [6.07, 6.45) is 7.36. The molecule has 1 amide bonds. The first-order valence-electron chi connectivity index (χ1n) is 12.0. The monoisotopic (exact) mass is 473 g/mol. The molecule has 1 aromatic heterocycles. The number of para-hydroxylation sites is 1. The molecule has 0 spiro atoms. The third kappa shape index (κ3) is 6.29. The van der Waals surface area contributed by atoms with E-state index >= 15 is 0 Å². The van der Waals surface area contributed by atoms with Gasteiger partial charge in [0.05, 0.1) is 13.1 Å². The number of anilines is 3. The molecule has 0 saturated carbocycles. The molecule has 0 radical (unpaired) electrons. The van der Waals surface area contributed by atoms with Crippen LogP contribution in [0.1, 0.15) is 37.7 Å². The van der Waals surface area contributed by atoms with Crippen molar-refractivity contribution in [2.45, 2.75) is 38.6 Å². The fraction of sp³-hybridized carbons (Fsp3) is 0.296. The highest BCUT2D eigenvalue weighted by molar-refractivity contribution is 5.94. The summed E-state index contributed by atoms with van der Waals surface area (Å²) in [5.41, 5.74) is 8.25. The number of carbonyl (C=O) groups is 1. The second-order valence-electron chi connectivity index (χ2n) is 8.76. The molecule has 1 heterocycles. The van der Waals surface area contributed by atoms with Crippen LogP contribution in [0.25, 0.3) is 0 Å². The molecule has 0 atom stereocenters. The normalized spacial score (nSPS) is 13.2. The summed E-state index contributed by atoms with van der Waals surface area (Å²) in [6.45, 7) is 0.578. The van der Waals surface area contributed by atoms with E-state index in [9.17, 15) is 14.4 Å². The second kappa shape index (κ2) is 11.4. The van der Waals surface area contributed by atoms with Crippen molar-refractivity contribution in [2.75, 3.05) is 29.0 Å². The number of nitrogens with two attached hydrogens (primary N) is 1. The number of aromatic amines is 1. The second-order valence-corrected chi connectivity index (χ2v) is 8.76. The Labute approximate surface area is 204 Å². The Hall–Kier alpha value is -4.07. The Morgan fingerprint density at radius 2 is 1.74 bits per heavy atom. The van der Waals surface area contributed by atoms with E-state index in [1.54, 1.807) is 17.0 Å². The number of allylic oxidation sites excluding steroid dienone is 1. The fourth-order valence-corrected chi connectivity index (χ4v) is 4.38. The standard InChI is InChI=1S/C27H31N5O3/c28-25-24(26(34)30-27(35)32(25)18-21-12-6-2-7-13-21)31(17-16-20-10-4-1-5-11-20)19-23(33)29-22-14-8-3-9-15-22/h2-3,6-10,12-15H,1,4-5,11,16-19,28H2,(H,29,33)(H,30,34,35). The van der Waals surface area contributed by atoms with Crippen LogP contribution in [0.3, 0.4) is 0 Å². The SMILES string of the molecule is Nc1c(N(CCC2=CCCCC2)CC(=O)Nc2ccccc2)c(=O)[nH]c(=O)n1Cc1ccccc1. The third-order valence-electron chi connectivity index (χ3n) is 6.19. The number of nitrogen functional groups attached to an aromatic ring is 1. The van der Waals surface area contributed by atoms with Crippen molar-refractivity contribution in [3.8, 4) is 0 Å². The molecule has 1 aliphatic rings. The summed E-state index contributed by atoms with van der Waals surface area (Å²) in [5, 5.41) is 2.87. The van der Waals surface area contributed by atoms with Crippen molar-refractivity contribution in [2.24, 2.45) is 0 Å². The largest absolute Gasteiger partial charge is 0.383 e. The highest BCUT2D eigenvalue weighted by atomic mass is 16.2. The predicted molar refractivity (Wildman–Crippen MR) is 140 cm³/mol. The zero-order valence-electron chi connectivity index (χ0n) is 19.7. The molecule has 182 valence electrons. The van der Waals surface area contributed by atoms with E-state index in [1.165, 1.54) is 16.6 Å². The van der Waals surface area contributed by atoms with Crippen LogP contribution in [-0.4, -0.2) is 28.5 Å². The van der Waals surface area contributed by atoms with Crippen molar-refractivity contribution in [3.05, 3.63) is 98.7 Å². The van der Waals surface area contributed by atoms with Gasteiger partial charge in [0, 0.05) is 12.2 Å². The van der Waals surface area contributed by atoms with E-state index in [0.717, 1.165) is 31.2 Å². The summed E-state index contributed by atoms with van der Waals surface area (Å²) in [6, 6.07) is 18.6. The molecular formula is C27H31N5O3. The lowest BCUT2D eigenvalue weighted by Gasteiger charge is -2.27. The van der Waals surface area contributed by atoms with Crippen LogP contribution < -0.4 is 27.2 Å². The Balaban J connectivity index is 1.64. The van der Waals surface area contributed by atoms with Gasteiger partial charge in [-0.25, -0.2) is 4.79 Å². The van der Waals surface area contributed by atoms with Crippen molar-refractivity contribution in [1.82, 2.24) is 9.55 Å². The lowest BCUT2D eigenvalue weighted by molar-refractivity contribution is -0.115. The highest BCUT2D eigenvalue weighted by Crippen LogP contribution is 2.23. The molecule has 4 N–H and O–H groups in total. The maximum atomic E-state index is 13.0. The van der Waals surface area contributed by atoms with Gasteiger partial charge in [0.2, 0.25) is 5.91 Å². The number of rotatable bonds is 9. The maximum Gasteiger partial charge on any atom is 0.330 e. The first kappa shape index (κ1) is 24.1. The topological polar surface area (TPSA) is 113 Å². The van der Waals surface area contributed by atoms with Crippen LogP contribution in [0.5, 0.6) is 0 Å². The molecule has 8 nitrogen and oxygen atoms in total. The number of H-pyrrole nitrogens is 1. The molecular weight excluding hydrogens is 442 g/mol. The lowest BCUT2D eigenvalue weighted by Crippen LogP contribution is -2.42. The average Bonchev–Trinajstić information content (AvgIpc) is 2.86. The molecule has 0 fully saturated rings. The number of hydrogen-bond donors (Lipinski definition) is 3. The van der Waals surface area contributed by atoms with Crippen LogP contribution in [0, 0.1) is 0 Å². The van der Waals surface area contributed by atoms with E-state index in [1.807, 2.05) is 48.5 Å². The van der Waals surface area contributed by atoms with Crippen molar-refractivity contribution in [1.29, 1.82) is 0 Å². The molecule has 2 aromatic carbocycles. The molecule has 0 unspecified atom stereocenters. The number of aromatic nitrogens is 2. The summed E-state index contributed by atoms with van der Waals surface area (Å²) in [7, 11) is 0. The summed E-state index contributed by atoms with van der Waals surface area (Å²) in [5.74, 6) is -0.221. The van der Waals surface area contributed by atoms with E-state index in [-0.39, 0.29) is 30.5 Å². The number of benzene rings is 2. The fourth-order valence-electron chi connectivity index (χ4n) is 4.38. The van der Waals surface area contributed by atoms with Gasteiger partial charge in [-0.3, -0.25) is 19.1 Å². The van der Waals surface area contributed by atoms with Gasteiger partial charge in [0.1, 0.15) is 11.5 Å². The zero-order chi connectivity index (χ0) is 24.6. The van der Waals surface area contributed by atoms with Gasteiger partial charge < -0.3 is 16.0 Å². The van der Waals surface area contributed by atoms with E-state index in [0.29, 0.717) is 12.2 Å². The highest BCUT2D eigenvalue weighted by Gasteiger charge is 2.22. The summed E-state index contributed by atoms with van der Waals surface area (Å²) >= 11 is 0. The quantitative estimate of drug-likeness (QED) is 0.412. The molecule has 35 heavy (non-hydrogen) atoms. The van der Waals surface area contributed by atoms with Crippen molar-refractivity contribution < 1.29 is 4.79 Å². The number of nitrogens with one attached hydrogen (secondary N) is 2. The van der Waals surface area contributed by atoms with Gasteiger partial charge >= 0.3 is 5.69 Å². The van der Waals surface area contributed by atoms with Crippen LogP contribution in [0.15, 0.2) is 81.9 Å². The number of nitrogens with zero attached hydrogens (tertiary/aromatic N) is 2. The van der Waals surface area contributed by atoms with Crippen LogP contribution in [-0.2, 0) is 11.3 Å². The summed E-state index contributed by atoms with van der Waals surface area (Å²) < 4.78 is 1.34. The minimum atomic E-state index is -0.595. The van der Waals surface area contributed by atoms with E-state index in [4.69, 9.17) is 5.73 Å². The van der Waals surface area contributed by atoms with Crippen LogP contribution >= 0.6 is 0 Å². The molecule has 0 saturated heterocycles. The third-order valence-corrected chi connectivity index (χ3v) is 6.19. The Morgan fingerprint density at radius 1 is 1.03 bits per heavy atom. The van der Waals surface area contributed by atoms with Crippen LogP contribution in [0.2, 0.25) is 0 Å². The van der Waals surface area contributed by atoms with E-state index in [2.05, 4.69) is 16.4 Å². The van der Waals surface area contributed by atoms with Crippen molar-refractivity contribution in [3.63, 3.8) is 0 Å². The minimum absolute atomic E-state index is 0.0488. The molecule has 3 aromatic rings. The van der Waals surface area contributed by atoms with Gasteiger partial charge in [-0.15, -0.1) is 0 Å². The van der Waals surface area contributed by atoms with Crippen molar-refractivity contribution >= 4 is 23.1 Å². The molecule has 8 heteroatoms. The lowest BCUT2D eigenvalue weighted by atomic mass is 9.97. The minimum Gasteiger partial charge on any atom is -0.383 e. The van der Waals surface area contributed by atoms with E-state index < -0.39 is 11.2 Å². The number of amides is 1. The average molecular weight is 474 g/mol. The van der Waals surface area contributed by atoms with Gasteiger partial charge in [-0.05, 0) is 49.8 Å². The van der Waals surface area contributed by atoms with Gasteiger partial charge in [-0.1, -0.05) is 60.2 Å². The zero-order valence-corrected chi connectivity index (χ0v) is 19.7. The smallest absolute Gasteiger partial charge is 0.330 e. The molecule has 0 bridgehead atoms. The van der Waals surface area contributed by atoms with Gasteiger partial charge in [0.15, 0.2) is 0 Å². The Morgan fingerprint density at radius 3 is 2.43 bits per heavy atom. The number of hydrogen-bond acceptors (Lipinski definition) is 5. The maximum absolute atomic E-state index is 13.0. The predicted octanol–water partition coefficient (Wildman–Crippen LogP) is 3.50. The molecule has 1 aliphatic carbocycles. The first-order chi connectivity index (χ1) is 17.0. The van der Waals surface area contributed by atoms with Gasteiger partial charge in [0.25, 0.3) is 5.56 Å². The Bertz CT molecular complexity index is 1300. The number of carbonyl (C=O) groups excluding carboxylic acids is 1. The summed E-state index contributed by atoms with van der Waals surface area (Å²) in [4.78, 5) is 42.6.